The highest BCUT2D eigenvalue weighted by Crippen LogP contribution is 2.26. The summed E-state index contributed by atoms with van der Waals surface area (Å²) in [7, 11) is 0. The molecule has 2 aromatic heterocycles. The third kappa shape index (κ3) is 2.19. The molecule has 0 amide bonds. The van der Waals surface area contributed by atoms with Crippen molar-refractivity contribution in [3.05, 3.63) is 38.5 Å². The number of fused-ring (bicyclic) bond motifs is 1. The molecule has 3 heterocycles. The van der Waals surface area contributed by atoms with Gasteiger partial charge in [0.15, 0.2) is 0 Å². The predicted octanol–water partition coefficient (Wildman–Crippen LogP) is 2.61. The number of nitrogens with zero attached hydrogens (tertiary/aromatic N) is 2. The minimum absolute atomic E-state index is 0.218. The summed E-state index contributed by atoms with van der Waals surface area (Å²) in [5.41, 5.74) is 1.13. The molecule has 1 atom stereocenters. The second-order valence-corrected chi connectivity index (χ2v) is 6.10. The molecule has 0 aliphatic carbocycles. The quantitative estimate of drug-likeness (QED) is 0.925. The van der Waals surface area contributed by atoms with Gasteiger partial charge in [0.1, 0.15) is 10.4 Å². The zero-order valence-corrected chi connectivity index (χ0v) is 11.7. The summed E-state index contributed by atoms with van der Waals surface area (Å²) in [5.74, 6) is 1.10. The Morgan fingerprint density at radius 1 is 1.59 bits per heavy atom. The molecule has 1 aliphatic heterocycles. The third-order valence-electron chi connectivity index (χ3n) is 3.13. The number of hydrogen-bond donors (Lipinski definition) is 1. The van der Waals surface area contributed by atoms with Crippen molar-refractivity contribution >= 4 is 27.3 Å². The molecule has 1 N–H and O–H groups in total. The van der Waals surface area contributed by atoms with Gasteiger partial charge in [0.05, 0.1) is 11.8 Å². The van der Waals surface area contributed by atoms with Crippen LogP contribution >= 0.6 is 27.3 Å². The van der Waals surface area contributed by atoms with Crippen molar-refractivity contribution in [3.8, 4) is 0 Å². The van der Waals surface area contributed by atoms with Gasteiger partial charge in [0.2, 0.25) is 0 Å². The second kappa shape index (κ2) is 4.55. The number of aromatic nitrogens is 2. The van der Waals surface area contributed by atoms with E-state index in [1.54, 1.807) is 11.3 Å². The van der Waals surface area contributed by atoms with Gasteiger partial charge in [-0.3, -0.25) is 0 Å². The number of aliphatic hydroxyl groups excluding tert-OH is 1. The van der Waals surface area contributed by atoms with Crippen LogP contribution in [0.2, 0.25) is 0 Å². The average Bonchev–Trinajstić information content (AvgIpc) is 2.89. The number of hydrogen-bond acceptors (Lipinski definition) is 3. The lowest BCUT2D eigenvalue weighted by Gasteiger charge is -2.21. The van der Waals surface area contributed by atoms with Crippen LogP contribution in [0.15, 0.2) is 22.1 Å². The lowest BCUT2D eigenvalue weighted by Crippen LogP contribution is -2.24. The maximum absolute atomic E-state index is 9.69. The first-order valence-electron chi connectivity index (χ1n) is 5.68. The summed E-state index contributed by atoms with van der Waals surface area (Å²) >= 11 is 5.25. The number of rotatable bonds is 2. The fourth-order valence-corrected chi connectivity index (χ4v) is 3.55. The van der Waals surface area contributed by atoms with E-state index in [4.69, 9.17) is 0 Å². The molecule has 2 aromatic rings. The van der Waals surface area contributed by atoms with Crippen LogP contribution in [0, 0.1) is 0 Å². The van der Waals surface area contributed by atoms with Crippen LogP contribution < -0.4 is 0 Å². The minimum Gasteiger partial charge on any atom is -0.393 e. The molecule has 0 fully saturated rings. The molecular formula is C12H13BrN2OS. The number of thiophene rings is 1. The highest BCUT2D eigenvalue weighted by molar-refractivity contribution is 9.10. The fraction of sp³-hybridized carbons (Fsp3) is 0.417. The van der Waals surface area contributed by atoms with E-state index in [1.165, 1.54) is 4.88 Å². The molecule has 1 unspecified atom stereocenters. The van der Waals surface area contributed by atoms with Crippen LogP contribution in [0.3, 0.4) is 0 Å². The molecule has 0 saturated heterocycles. The Morgan fingerprint density at radius 3 is 3.24 bits per heavy atom. The molecule has 17 heavy (non-hydrogen) atoms. The van der Waals surface area contributed by atoms with E-state index in [0.717, 1.165) is 35.5 Å². The van der Waals surface area contributed by atoms with Crippen molar-refractivity contribution in [3.63, 3.8) is 0 Å². The molecule has 5 heteroatoms. The maximum atomic E-state index is 9.69. The van der Waals surface area contributed by atoms with Crippen LogP contribution in [0.1, 0.15) is 22.8 Å². The summed E-state index contributed by atoms with van der Waals surface area (Å²) in [4.78, 5) is 5.91. The smallest absolute Gasteiger partial charge is 0.127 e. The fourth-order valence-electron chi connectivity index (χ4n) is 2.27. The van der Waals surface area contributed by atoms with E-state index < -0.39 is 0 Å². The third-order valence-corrected chi connectivity index (χ3v) is 4.64. The van der Waals surface area contributed by atoms with Crippen LogP contribution in [-0.2, 0) is 19.4 Å². The summed E-state index contributed by atoms with van der Waals surface area (Å²) in [6.07, 6.45) is 2.20. The molecule has 90 valence electrons. The summed E-state index contributed by atoms with van der Waals surface area (Å²) in [5, 5.41) is 11.8. The Hall–Kier alpha value is -0.650. The topological polar surface area (TPSA) is 38.0 Å². The zero-order chi connectivity index (χ0) is 11.8. The molecule has 0 aromatic carbocycles. The molecule has 3 nitrogen and oxygen atoms in total. The zero-order valence-electron chi connectivity index (χ0n) is 9.27. The summed E-state index contributed by atoms with van der Waals surface area (Å²) < 4.78 is 3.14. The van der Waals surface area contributed by atoms with Crippen molar-refractivity contribution < 1.29 is 5.11 Å². The Balaban J connectivity index is 1.93. The van der Waals surface area contributed by atoms with Crippen LogP contribution in [-0.4, -0.2) is 20.8 Å². The van der Waals surface area contributed by atoms with Gasteiger partial charge in [0.25, 0.3) is 0 Å². The molecule has 0 saturated carbocycles. The summed E-state index contributed by atoms with van der Waals surface area (Å²) in [6.45, 7) is 0.871. The summed E-state index contributed by atoms with van der Waals surface area (Å²) in [6, 6.07) is 4.21. The first-order chi connectivity index (χ1) is 8.24. The first kappa shape index (κ1) is 11.4. The van der Waals surface area contributed by atoms with E-state index in [2.05, 4.69) is 43.0 Å². The van der Waals surface area contributed by atoms with Crippen molar-refractivity contribution in [1.82, 2.24) is 9.55 Å². The van der Waals surface area contributed by atoms with Gasteiger partial charge in [-0.1, -0.05) is 6.07 Å². The van der Waals surface area contributed by atoms with Gasteiger partial charge >= 0.3 is 0 Å². The SMILES string of the molecule is OC1CCn2c(Cc3cccs3)nc(Br)c2C1. The average molecular weight is 313 g/mol. The van der Waals surface area contributed by atoms with Gasteiger partial charge in [-0.15, -0.1) is 11.3 Å². The van der Waals surface area contributed by atoms with E-state index in [-0.39, 0.29) is 6.10 Å². The normalized spacial score (nSPS) is 19.3. The first-order valence-corrected chi connectivity index (χ1v) is 7.35. The van der Waals surface area contributed by atoms with E-state index in [0.29, 0.717) is 6.42 Å². The van der Waals surface area contributed by atoms with Crippen LogP contribution in [0.25, 0.3) is 0 Å². The van der Waals surface area contributed by atoms with E-state index in [9.17, 15) is 5.11 Å². The predicted molar refractivity (Wildman–Crippen MR) is 71.4 cm³/mol. The van der Waals surface area contributed by atoms with Gasteiger partial charge in [-0.2, -0.15) is 0 Å². The van der Waals surface area contributed by atoms with Crippen molar-refractivity contribution in [2.45, 2.75) is 31.9 Å². The number of imidazole rings is 1. The minimum atomic E-state index is -0.218. The molecule has 3 rings (SSSR count). The molecule has 0 spiro atoms. The standard InChI is InChI=1S/C12H13BrN2OS/c13-12-10-6-8(16)3-4-15(10)11(14-12)7-9-2-1-5-17-9/h1-2,5,8,16H,3-4,6-7H2. The van der Waals surface area contributed by atoms with Crippen LogP contribution in [0.4, 0.5) is 0 Å². The Labute approximate surface area is 112 Å². The lowest BCUT2D eigenvalue weighted by molar-refractivity contribution is 0.142. The highest BCUT2D eigenvalue weighted by atomic mass is 79.9. The van der Waals surface area contributed by atoms with Crippen molar-refractivity contribution in [1.29, 1.82) is 0 Å². The molecule has 0 bridgehead atoms. The Kier molecular flexibility index (Phi) is 3.06. The van der Waals surface area contributed by atoms with Gasteiger partial charge in [-0.05, 0) is 33.8 Å². The van der Waals surface area contributed by atoms with Crippen molar-refractivity contribution in [2.24, 2.45) is 0 Å². The molecule has 1 aliphatic rings. The second-order valence-electron chi connectivity index (χ2n) is 4.32. The molecular weight excluding hydrogens is 300 g/mol. The monoisotopic (exact) mass is 312 g/mol. The lowest BCUT2D eigenvalue weighted by atomic mass is 10.1. The van der Waals surface area contributed by atoms with Gasteiger partial charge in [-0.25, -0.2) is 4.98 Å². The largest absolute Gasteiger partial charge is 0.393 e. The Morgan fingerprint density at radius 2 is 2.47 bits per heavy atom. The number of halogens is 1. The van der Waals surface area contributed by atoms with Gasteiger partial charge < -0.3 is 9.67 Å². The van der Waals surface area contributed by atoms with Gasteiger partial charge in [0, 0.05) is 24.3 Å². The maximum Gasteiger partial charge on any atom is 0.127 e. The Bertz CT molecular complexity index is 521. The number of aliphatic hydroxyl groups is 1. The van der Waals surface area contributed by atoms with E-state index in [1.807, 2.05) is 0 Å². The van der Waals surface area contributed by atoms with Crippen LogP contribution in [0.5, 0.6) is 0 Å². The van der Waals surface area contributed by atoms with E-state index >= 15 is 0 Å². The highest BCUT2D eigenvalue weighted by Gasteiger charge is 2.23. The van der Waals surface area contributed by atoms with Crippen molar-refractivity contribution in [2.75, 3.05) is 0 Å². The molecule has 0 radical (unpaired) electrons.